The van der Waals surface area contributed by atoms with Gasteiger partial charge in [-0.2, -0.15) is 0 Å². The van der Waals surface area contributed by atoms with Crippen LogP contribution >= 0.6 is 0 Å². The third-order valence-electron chi connectivity index (χ3n) is 4.13. The monoisotopic (exact) mass is 317 g/mol. The highest BCUT2D eigenvalue weighted by molar-refractivity contribution is 6.31. The fourth-order valence-electron chi connectivity index (χ4n) is 3.15. The maximum atomic E-state index is 11.8. The van der Waals surface area contributed by atoms with E-state index in [9.17, 15) is 9.59 Å². The molecule has 0 saturated carbocycles. The van der Waals surface area contributed by atoms with Gasteiger partial charge < -0.3 is 24.4 Å². The van der Waals surface area contributed by atoms with E-state index in [1.165, 1.54) is 0 Å². The van der Waals surface area contributed by atoms with Gasteiger partial charge in [0.15, 0.2) is 5.84 Å². The Labute approximate surface area is 132 Å². The van der Waals surface area contributed by atoms with E-state index in [1.807, 2.05) is 19.1 Å². The van der Waals surface area contributed by atoms with Gasteiger partial charge >= 0.3 is 17.7 Å². The van der Waals surface area contributed by atoms with Gasteiger partial charge in [-0.3, -0.25) is 4.99 Å². The lowest BCUT2D eigenvalue weighted by Gasteiger charge is -2.48. The molecule has 1 N–H and O–H groups in total. The van der Waals surface area contributed by atoms with Crippen LogP contribution in [0.15, 0.2) is 23.2 Å². The predicted octanol–water partition coefficient (Wildman–Crippen LogP) is -0.0523. The Kier molecular flexibility index (Phi) is 2.78. The van der Waals surface area contributed by atoms with Crippen LogP contribution < -0.4 is 15.0 Å². The fourth-order valence-corrected chi connectivity index (χ4v) is 3.15. The first kappa shape index (κ1) is 13.9. The van der Waals surface area contributed by atoms with E-state index < -0.39 is 24.0 Å². The molecular formula is C15H15N3O5. The molecule has 2 unspecified atom stereocenters. The highest BCUT2D eigenvalue weighted by atomic mass is 16.8. The molecule has 1 aromatic carbocycles. The summed E-state index contributed by atoms with van der Waals surface area (Å²) < 4.78 is 16.7. The number of carbonyl (C=O) groups is 2. The molecule has 1 saturated heterocycles. The number of nitrogens with zero attached hydrogens (tertiary/aromatic N) is 2. The average molecular weight is 317 g/mol. The number of aliphatic imine (C=N–C) groups is 1. The van der Waals surface area contributed by atoms with E-state index in [-0.39, 0.29) is 0 Å². The van der Waals surface area contributed by atoms with Crippen molar-refractivity contribution in [3.8, 4) is 5.75 Å². The molecular weight excluding hydrogens is 302 g/mol. The molecule has 0 aromatic heterocycles. The van der Waals surface area contributed by atoms with E-state index in [4.69, 9.17) is 14.2 Å². The first-order valence-corrected chi connectivity index (χ1v) is 7.27. The van der Waals surface area contributed by atoms with Crippen LogP contribution in [0.3, 0.4) is 0 Å². The molecule has 1 fully saturated rings. The Hall–Kier alpha value is -2.77. The van der Waals surface area contributed by atoms with Crippen LogP contribution in [0.5, 0.6) is 5.75 Å². The first-order valence-electron chi connectivity index (χ1n) is 7.27. The maximum Gasteiger partial charge on any atom is 0.421 e. The molecule has 8 heteroatoms. The molecule has 0 bridgehead atoms. The van der Waals surface area contributed by atoms with Crippen molar-refractivity contribution in [1.29, 1.82) is 0 Å². The van der Waals surface area contributed by atoms with Crippen molar-refractivity contribution in [1.82, 2.24) is 5.32 Å². The Bertz CT molecular complexity index is 747. The Balaban J connectivity index is 1.89. The fraction of sp³-hybridized carbons (Fsp3) is 0.400. The molecule has 0 radical (unpaired) electrons. The lowest BCUT2D eigenvalue weighted by Crippen LogP contribution is -2.71. The number of aryl methyl sites for hydroxylation is 1. The van der Waals surface area contributed by atoms with Crippen LogP contribution in [-0.2, 0) is 19.1 Å². The number of ether oxygens (including phenoxy) is 3. The van der Waals surface area contributed by atoms with Gasteiger partial charge in [0.05, 0.1) is 12.2 Å². The van der Waals surface area contributed by atoms with Gasteiger partial charge in [0.25, 0.3) is 6.23 Å². The Morgan fingerprint density at radius 3 is 2.87 bits per heavy atom. The molecule has 23 heavy (non-hydrogen) atoms. The summed E-state index contributed by atoms with van der Waals surface area (Å²) in [5.41, 5.74) is 1.73. The quantitative estimate of drug-likeness (QED) is 0.573. The van der Waals surface area contributed by atoms with Crippen LogP contribution in [0.25, 0.3) is 0 Å². The standard InChI is InChI=1S/C15H15N3O5/c1-8-4-3-5-9-10(8)18(2)14-15(22-9,13-16-6-7-17-13)23-12(20)11(19)21-14/h3-5,14H,6-7H2,1-2H3,(H,16,17). The van der Waals surface area contributed by atoms with Crippen LogP contribution in [0, 0.1) is 6.92 Å². The highest BCUT2D eigenvalue weighted by Gasteiger charge is 2.62. The van der Waals surface area contributed by atoms with Gasteiger partial charge in [-0.25, -0.2) is 9.59 Å². The second kappa shape index (κ2) is 4.61. The molecule has 120 valence electrons. The number of hydrogen-bond donors (Lipinski definition) is 1. The molecule has 3 heterocycles. The number of nitrogens with one attached hydrogen (secondary N) is 1. The number of benzene rings is 1. The van der Waals surface area contributed by atoms with Crippen LogP contribution in [0.2, 0.25) is 0 Å². The van der Waals surface area contributed by atoms with Crippen molar-refractivity contribution >= 4 is 23.5 Å². The summed E-state index contributed by atoms with van der Waals surface area (Å²) >= 11 is 0. The normalized spacial score (nSPS) is 28.7. The van der Waals surface area contributed by atoms with E-state index in [0.717, 1.165) is 11.3 Å². The molecule has 0 aliphatic carbocycles. The molecule has 2 atom stereocenters. The van der Waals surface area contributed by atoms with Gasteiger partial charge in [-0.15, -0.1) is 0 Å². The van der Waals surface area contributed by atoms with Crippen LogP contribution in [-0.4, -0.2) is 49.9 Å². The zero-order chi connectivity index (χ0) is 16.2. The number of rotatable bonds is 1. The number of fused-ring (bicyclic) bond motifs is 2. The van der Waals surface area contributed by atoms with Crippen molar-refractivity contribution in [3.05, 3.63) is 23.8 Å². The minimum absolute atomic E-state index is 0.349. The second-order valence-electron chi connectivity index (χ2n) is 5.61. The van der Waals surface area contributed by atoms with E-state index in [0.29, 0.717) is 24.7 Å². The van der Waals surface area contributed by atoms with Crippen molar-refractivity contribution in [2.75, 3.05) is 25.0 Å². The average Bonchev–Trinajstić information content (AvgIpc) is 3.04. The lowest BCUT2D eigenvalue weighted by molar-refractivity contribution is -0.240. The first-order chi connectivity index (χ1) is 11.0. The molecule has 3 aliphatic heterocycles. The second-order valence-corrected chi connectivity index (χ2v) is 5.61. The summed E-state index contributed by atoms with van der Waals surface area (Å²) in [6.45, 7) is 3.06. The minimum atomic E-state index is -1.61. The van der Waals surface area contributed by atoms with E-state index >= 15 is 0 Å². The van der Waals surface area contributed by atoms with Gasteiger partial charge in [0, 0.05) is 13.6 Å². The number of esters is 2. The Morgan fingerprint density at radius 2 is 2.13 bits per heavy atom. The van der Waals surface area contributed by atoms with Crippen molar-refractivity contribution in [3.63, 3.8) is 0 Å². The predicted molar refractivity (Wildman–Crippen MR) is 79.2 cm³/mol. The van der Waals surface area contributed by atoms with E-state index in [2.05, 4.69) is 10.3 Å². The number of para-hydroxylation sites is 1. The minimum Gasteiger partial charge on any atom is -0.439 e. The van der Waals surface area contributed by atoms with Crippen LogP contribution in [0.4, 0.5) is 5.69 Å². The van der Waals surface area contributed by atoms with Gasteiger partial charge in [0.2, 0.25) is 0 Å². The number of carbonyl (C=O) groups excluding carboxylic acids is 2. The zero-order valence-electron chi connectivity index (χ0n) is 12.7. The SMILES string of the molecule is Cc1cccc2c1N(C)C1OC(=O)C(=O)OC1(C1=NCCN1)O2. The number of anilines is 1. The summed E-state index contributed by atoms with van der Waals surface area (Å²) in [6, 6.07) is 5.54. The summed E-state index contributed by atoms with van der Waals surface area (Å²) in [6.07, 6.45) is -0.953. The van der Waals surface area contributed by atoms with Gasteiger partial charge in [-0.05, 0) is 18.6 Å². The number of likely N-dealkylation sites (N-methyl/N-ethyl adjacent to an activating group) is 1. The summed E-state index contributed by atoms with van der Waals surface area (Å²) in [5, 5.41) is 3.05. The van der Waals surface area contributed by atoms with E-state index in [1.54, 1.807) is 18.0 Å². The van der Waals surface area contributed by atoms with Crippen molar-refractivity contribution in [2.24, 2.45) is 4.99 Å². The molecule has 0 amide bonds. The maximum absolute atomic E-state index is 11.8. The Morgan fingerprint density at radius 1 is 1.30 bits per heavy atom. The number of amidine groups is 1. The molecule has 4 rings (SSSR count). The largest absolute Gasteiger partial charge is 0.439 e. The van der Waals surface area contributed by atoms with Crippen LogP contribution in [0.1, 0.15) is 5.56 Å². The summed E-state index contributed by atoms with van der Waals surface area (Å²) in [5.74, 6) is -2.87. The highest BCUT2D eigenvalue weighted by Crippen LogP contribution is 2.44. The molecule has 3 aliphatic rings. The molecule has 1 aromatic rings. The number of hydrogen-bond acceptors (Lipinski definition) is 8. The zero-order valence-corrected chi connectivity index (χ0v) is 12.7. The third kappa shape index (κ3) is 1.81. The third-order valence-corrected chi connectivity index (χ3v) is 4.13. The van der Waals surface area contributed by atoms with Crippen molar-refractivity contribution < 1.29 is 23.8 Å². The van der Waals surface area contributed by atoms with Gasteiger partial charge in [-0.1, -0.05) is 12.1 Å². The molecule has 8 nitrogen and oxygen atoms in total. The summed E-state index contributed by atoms with van der Waals surface area (Å²) in [4.78, 5) is 29.6. The van der Waals surface area contributed by atoms with Crippen molar-refractivity contribution in [2.45, 2.75) is 18.9 Å². The lowest BCUT2D eigenvalue weighted by atomic mass is 10.0. The topological polar surface area (TPSA) is 89.5 Å². The smallest absolute Gasteiger partial charge is 0.421 e. The van der Waals surface area contributed by atoms with Gasteiger partial charge in [0.1, 0.15) is 5.75 Å². The molecule has 0 spiro atoms. The summed E-state index contributed by atoms with van der Waals surface area (Å²) in [7, 11) is 1.76.